The van der Waals surface area contributed by atoms with Crippen LogP contribution in [0.15, 0.2) is 24.3 Å². The van der Waals surface area contributed by atoms with Crippen LogP contribution in [-0.2, 0) is 36.5 Å². The number of ketones is 1. The molecule has 1 saturated heterocycles. The zero-order valence-corrected chi connectivity index (χ0v) is 22.6. The summed E-state index contributed by atoms with van der Waals surface area (Å²) >= 11 is 5.98. The van der Waals surface area contributed by atoms with Gasteiger partial charge in [-0.2, -0.15) is 0 Å². The summed E-state index contributed by atoms with van der Waals surface area (Å²) in [6.07, 6.45) is 0.765. The molecule has 10 heteroatoms. The molecule has 0 amide bonds. The lowest BCUT2D eigenvalue weighted by Gasteiger charge is -2.22. The number of hydrogen-bond donors (Lipinski definition) is 0. The maximum absolute atomic E-state index is 13.8. The highest BCUT2D eigenvalue weighted by atomic mass is 35.5. The van der Waals surface area contributed by atoms with E-state index in [1.54, 1.807) is 6.07 Å². The molecule has 0 aromatic heterocycles. The van der Waals surface area contributed by atoms with Gasteiger partial charge in [0.1, 0.15) is 23.4 Å². The van der Waals surface area contributed by atoms with Gasteiger partial charge in [0.25, 0.3) is 0 Å². The quantitative estimate of drug-likeness (QED) is 0.189. The van der Waals surface area contributed by atoms with Gasteiger partial charge in [-0.1, -0.05) is 18.5 Å². The lowest BCUT2D eigenvalue weighted by atomic mass is 9.90. The number of halogens is 2. The van der Waals surface area contributed by atoms with E-state index in [0.29, 0.717) is 49.5 Å². The summed E-state index contributed by atoms with van der Waals surface area (Å²) in [6, 6.07) is 5.51. The Morgan fingerprint density at radius 1 is 1.11 bits per heavy atom. The van der Waals surface area contributed by atoms with E-state index in [0.717, 1.165) is 11.6 Å². The van der Waals surface area contributed by atoms with E-state index in [2.05, 4.69) is 0 Å². The van der Waals surface area contributed by atoms with Crippen molar-refractivity contribution >= 4 is 17.4 Å². The summed E-state index contributed by atoms with van der Waals surface area (Å²) in [5.41, 5.74) is 2.04. The number of rotatable bonds is 14. The van der Waals surface area contributed by atoms with Crippen LogP contribution in [0, 0.1) is 5.82 Å². The third kappa shape index (κ3) is 7.63. The van der Waals surface area contributed by atoms with Crippen molar-refractivity contribution in [1.82, 2.24) is 0 Å². The molecule has 1 aliphatic heterocycles. The molecule has 8 nitrogen and oxygen atoms in total. The van der Waals surface area contributed by atoms with Crippen molar-refractivity contribution in [2.75, 3.05) is 47.6 Å². The van der Waals surface area contributed by atoms with E-state index in [-0.39, 0.29) is 41.8 Å². The first-order valence-electron chi connectivity index (χ1n) is 12.0. The van der Waals surface area contributed by atoms with E-state index in [4.69, 9.17) is 44.8 Å². The second kappa shape index (κ2) is 13.5. The van der Waals surface area contributed by atoms with Gasteiger partial charge in [-0.3, -0.25) is 4.79 Å². The maximum Gasteiger partial charge on any atom is 0.197 e. The van der Waals surface area contributed by atoms with Gasteiger partial charge in [0, 0.05) is 25.8 Å². The molecule has 0 spiro atoms. The molecule has 204 valence electrons. The summed E-state index contributed by atoms with van der Waals surface area (Å²) in [5, 5.41) is -0.146. The number of hydrogen-bond acceptors (Lipinski definition) is 8. The first kappa shape index (κ1) is 29.3. The molecule has 37 heavy (non-hydrogen) atoms. The molecule has 0 bridgehead atoms. The molecule has 3 rings (SSSR count). The molecule has 1 fully saturated rings. The van der Waals surface area contributed by atoms with E-state index in [9.17, 15) is 9.18 Å². The van der Waals surface area contributed by atoms with Gasteiger partial charge in [-0.15, -0.1) is 0 Å². The topological polar surface area (TPSA) is 81.7 Å². The van der Waals surface area contributed by atoms with Crippen molar-refractivity contribution in [3.05, 3.63) is 57.4 Å². The fourth-order valence-corrected chi connectivity index (χ4v) is 4.32. The zero-order chi connectivity index (χ0) is 27.0. The fraction of sp³-hybridized carbons (Fsp3) is 0.519. The Morgan fingerprint density at radius 2 is 1.81 bits per heavy atom. The van der Waals surface area contributed by atoms with Crippen LogP contribution in [0.25, 0.3) is 0 Å². The fourth-order valence-electron chi connectivity index (χ4n) is 4.14. The highest BCUT2D eigenvalue weighted by Gasteiger charge is 2.32. The first-order chi connectivity index (χ1) is 17.7. The third-order valence-corrected chi connectivity index (χ3v) is 6.06. The Bertz CT molecular complexity index is 1070. The number of benzene rings is 2. The molecule has 0 radical (unpaired) electrons. The largest absolute Gasteiger partial charge is 0.467 e. The van der Waals surface area contributed by atoms with Crippen LogP contribution < -0.4 is 9.47 Å². The average molecular weight is 541 g/mol. The molecule has 0 aliphatic carbocycles. The highest BCUT2D eigenvalue weighted by Crippen LogP contribution is 2.37. The van der Waals surface area contributed by atoms with Crippen molar-refractivity contribution in [2.24, 2.45) is 0 Å². The van der Waals surface area contributed by atoms with Gasteiger partial charge >= 0.3 is 0 Å². The molecule has 1 aliphatic rings. The highest BCUT2D eigenvalue weighted by molar-refractivity contribution is 6.31. The van der Waals surface area contributed by atoms with Gasteiger partial charge < -0.3 is 33.2 Å². The van der Waals surface area contributed by atoms with E-state index in [1.807, 2.05) is 20.8 Å². The van der Waals surface area contributed by atoms with Crippen LogP contribution in [0.1, 0.15) is 47.8 Å². The van der Waals surface area contributed by atoms with Crippen LogP contribution in [0.2, 0.25) is 5.02 Å². The second-order valence-electron chi connectivity index (χ2n) is 8.89. The standard InChI is InChI=1S/C27H34ClFO8/c1-6-19-20(9-10-33-13-18-14-36-27(2,3)37-18)25(26(30)17-7-8-22(29)21(28)11-17)24(35-16-32-5)12-23(19)34-15-31-4/h7-8,11-12,18H,6,9-10,13-16H2,1-5H3. The lowest BCUT2D eigenvalue weighted by molar-refractivity contribution is -0.144. The Labute approximate surface area is 221 Å². The van der Waals surface area contributed by atoms with Gasteiger partial charge in [-0.25, -0.2) is 4.39 Å². The van der Waals surface area contributed by atoms with Gasteiger partial charge in [-0.05, 0) is 56.0 Å². The van der Waals surface area contributed by atoms with Crippen LogP contribution in [0.4, 0.5) is 4.39 Å². The average Bonchev–Trinajstić information content (AvgIpc) is 3.23. The molecule has 0 saturated carbocycles. The van der Waals surface area contributed by atoms with Crippen LogP contribution in [0.3, 0.4) is 0 Å². The summed E-state index contributed by atoms with van der Waals surface area (Å²) in [4.78, 5) is 13.8. The summed E-state index contributed by atoms with van der Waals surface area (Å²) in [7, 11) is 3.00. The van der Waals surface area contributed by atoms with E-state index >= 15 is 0 Å². The van der Waals surface area contributed by atoms with Crippen molar-refractivity contribution < 1.29 is 42.3 Å². The van der Waals surface area contributed by atoms with Crippen molar-refractivity contribution in [1.29, 1.82) is 0 Å². The van der Waals surface area contributed by atoms with Gasteiger partial charge in [0.05, 0.1) is 30.4 Å². The van der Waals surface area contributed by atoms with E-state index < -0.39 is 11.6 Å². The summed E-state index contributed by atoms with van der Waals surface area (Å²) in [5.74, 6) is -0.833. The van der Waals surface area contributed by atoms with Gasteiger partial charge in [0.15, 0.2) is 25.2 Å². The number of ether oxygens (including phenoxy) is 7. The second-order valence-corrected chi connectivity index (χ2v) is 9.30. The van der Waals surface area contributed by atoms with Crippen LogP contribution in [-0.4, -0.2) is 65.3 Å². The third-order valence-electron chi connectivity index (χ3n) is 5.77. The Morgan fingerprint density at radius 3 is 2.41 bits per heavy atom. The molecule has 1 unspecified atom stereocenters. The molecular formula is C27H34ClFO8. The zero-order valence-electron chi connectivity index (χ0n) is 21.9. The molecular weight excluding hydrogens is 507 g/mol. The Balaban J connectivity index is 1.98. The first-order valence-corrected chi connectivity index (χ1v) is 12.4. The Hall–Kier alpha value is -2.27. The van der Waals surface area contributed by atoms with Gasteiger partial charge in [0.2, 0.25) is 0 Å². The van der Waals surface area contributed by atoms with Crippen LogP contribution >= 0.6 is 11.6 Å². The SMILES string of the molecule is CCc1c(OCOC)cc(OCOC)c(C(=O)c2ccc(F)c(Cl)c2)c1CCOCC1COC(C)(C)O1. The smallest absolute Gasteiger partial charge is 0.197 e. The van der Waals surface area contributed by atoms with E-state index in [1.165, 1.54) is 26.4 Å². The minimum absolute atomic E-state index is 0.0162. The monoisotopic (exact) mass is 540 g/mol. The number of methoxy groups -OCH3 is 2. The molecule has 2 aromatic carbocycles. The molecule has 0 N–H and O–H groups in total. The predicted octanol–water partition coefficient (Wildman–Crippen LogP) is 4.95. The van der Waals surface area contributed by atoms with Crippen molar-refractivity contribution in [2.45, 2.75) is 45.5 Å². The number of carbonyl (C=O) groups excluding carboxylic acids is 1. The normalized spacial score (nSPS) is 16.7. The maximum atomic E-state index is 13.8. The summed E-state index contributed by atoms with van der Waals surface area (Å²) < 4.78 is 52.9. The molecule has 2 aromatic rings. The van der Waals surface area contributed by atoms with Crippen molar-refractivity contribution in [3.63, 3.8) is 0 Å². The number of carbonyl (C=O) groups is 1. The van der Waals surface area contributed by atoms with Crippen LogP contribution in [0.5, 0.6) is 11.5 Å². The minimum atomic E-state index is -0.639. The molecule has 1 atom stereocenters. The lowest BCUT2D eigenvalue weighted by Crippen LogP contribution is -2.24. The minimum Gasteiger partial charge on any atom is -0.467 e. The Kier molecular flexibility index (Phi) is 10.7. The predicted molar refractivity (Wildman–Crippen MR) is 135 cm³/mol. The summed E-state index contributed by atoms with van der Waals surface area (Å²) in [6.45, 7) is 6.68. The van der Waals surface area contributed by atoms with Crippen molar-refractivity contribution in [3.8, 4) is 11.5 Å². The molecule has 1 heterocycles.